The van der Waals surface area contributed by atoms with Gasteiger partial charge in [-0.25, -0.2) is 0 Å². The highest BCUT2D eigenvalue weighted by Crippen LogP contribution is 2.24. The van der Waals surface area contributed by atoms with Gasteiger partial charge in [-0.2, -0.15) is 5.10 Å². The fraction of sp³-hybridized carbons (Fsp3) is 0.312. The number of thioether (sulfide) groups is 1. The van der Waals surface area contributed by atoms with Gasteiger partial charge in [-0.1, -0.05) is 30.0 Å². The maximum atomic E-state index is 4.33. The van der Waals surface area contributed by atoms with Crippen LogP contribution in [0.4, 0.5) is 0 Å². The lowest BCUT2D eigenvalue weighted by molar-refractivity contribution is 0.855. The highest BCUT2D eigenvalue weighted by Gasteiger charge is 2.12. The molecule has 0 saturated heterocycles. The number of hydrogen-bond acceptors (Lipinski definition) is 4. The molecule has 2 heterocycles. The SMILES string of the molecule is Cc1ccccc1-n1c(C)nnc1SCCCc1cn[nH]c1. The average Bonchev–Trinajstić information content (AvgIpc) is 3.15. The zero-order chi connectivity index (χ0) is 15.4. The van der Waals surface area contributed by atoms with Crippen LogP contribution in [0.25, 0.3) is 5.69 Å². The minimum atomic E-state index is 0.923. The van der Waals surface area contributed by atoms with Crippen LogP contribution in [-0.4, -0.2) is 30.7 Å². The Morgan fingerprint density at radius 3 is 2.82 bits per heavy atom. The van der Waals surface area contributed by atoms with Crippen molar-refractivity contribution in [2.45, 2.75) is 31.8 Å². The molecule has 0 radical (unpaired) electrons. The van der Waals surface area contributed by atoms with E-state index in [1.807, 2.05) is 19.3 Å². The summed E-state index contributed by atoms with van der Waals surface area (Å²) in [5.74, 6) is 1.93. The van der Waals surface area contributed by atoms with E-state index in [0.717, 1.165) is 35.3 Å². The summed E-state index contributed by atoms with van der Waals surface area (Å²) in [7, 11) is 0. The Morgan fingerprint density at radius 2 is 2.05 bits per heavy atom. The number of rotatable bonds is 6. The van der Waals surface area contributed by atoms with Gasteiger partial charge >= 0.3 is 0 Å². The van der Waals surface area contributed by atoms with E-state index in [4.69, 9.17) is 0 Å². The molecule has 0 aliphatic carbocycles. The Balaban J connectivity index is 1.69. The van der Waals surface area contributed by atoms with Crippen molar-refractivity contribution in [3.8, 4) is 5.69 Å². The maximum absolute atomic E-state index is 4.33. The largest absolute Gasteiger partial charge is 0.285 e. The van der Waals surface area contributed by atoms with Crippen molar-refractivity contribution in [1.29, 1.82) is 0 Å². The highest BCUT2D eigenvalue weighted by molar-refractivity contribution is 7.99. The van der Waals surface area contributed by atoms with Gasteiger partial charge in [-0.15, -0.1) is 10.2 Å². The van der Waals surface area contributed by atoms with Gasteiger partial charge in [0.2, 0.25) is 0 Å². The number of aromatic amines is 1. The molecule has 3 rings (SSSR count). The van der Waals surface area contributed by atoms with Crippen LogP contribution in [-0.2, 0) is 6.42 Å². The number of hydrogen-bond donors (Lipinski definition) is 1. The summed E-state index contributed by atoms with van der Waals surface area (Å²) >= 11 is 1.75. The molecular weight excluding hydrogens is 294 g/mol. The van der Waals surface area contributed by atoms with E-state index in [9.17, 15) is 0 Å². The fourth-order valence-electron chi connectivity index (χ4n) is 2.38. The van der Waals surface area contributed by atoms with Gasteiger partial charge in [0.15, 0.2) is 5.16 Å². The second-order valence-corrected chi connectivity index (χ2v) is 6.27. The maximum Gasteiger partial charge on any atom is 0.195 e. The molecule has 114 valence electrons. The molecule has 0 bridgehead atoms. The third-order valence-electron chi connectivity index (χ3n) is 3.55. The Kier molecular flexibility index (Phi) is 4.58. The fourth-order valence-corrected chi connectivity index (χ4v) is 3.31. The van der Waals surface area contributed by atoms with E-state index in [0.29, 0.717) is 0 Å². The molecule has 1 aromatic carbocycles. The molecule has 2 aromatic heterocycles. The minimum Gasteiger partial charge on any atom is -0.285 e. The van der Waals surface area contributed by atoms with E-state index in [2.05, 4.69) is 56.2 Å². The molecule has 6 heteroatoms. The van der Waals surface area contributed by atoms with E-state index in [-0.39, 0.29) is 0 Å². The smallest absolute Gasteiger partial charge is 0.195 e. The lowest BCUT2D eigenvalue weighted by atomic mass is 10.2. The van der Waals surface area contributed by atoms with E-state index < -0.39 is 0 Å². The van der Waals surface area contributed by atoms with Gasteiger partial charge in [-0.05, 0) is 43.9 Å². The predicted octanol–water partition coefficient (Wildman–Crippen LogP) is 3.33. The van der Waals surface area contributed by atoms with Gasteiger partial charge in [0.25, 0.3) is 0 Å². The van der Waals surface area contributed by atoms with Crippen LogP contribution in [0.15, 0.2) is 41.8 Å². The summed E-state index contributed by atoms with van der Waals surface area (Å²) in [6.07, 6.45) is 5.94. The second-order valence-electron chi connectivity index (χ2n) is 5.21. The normalized spacial score (nSPS) is 11.0. The van der Waals surface area contributed by atoms with Gasteiger partial charge in [-0.3, -0.25) is 9.67 Å². The topological polar surface area (TPSA) is 59.4 Å². The van der Waals surface area contributed by atoms with Crippen molar-refractivity contribution in [3.05, 3.63) is 53.6 Å². The van der Waals surface area contributed by atoms with Crippen LogP contribution < -0.4 is 0 Å². The van der Waals surface area contributed by atoms with Crippen molar-refractivity contribution < 1.29 is 0 Å². The van der Waals surface area contributed by atoms with E-state index in [1.165, 1.54) is 11.1 Å². The average molecular weight is 313 g/mol. The van der Waals surface area contributed by atoms with Crippen LogP contribution >= 0.6 is 11.8 Å². The molecular formula is C16H19N5S. The van der Waals surface area contributed by atoms with Gasteiger partial charge in [0.05, 0.1) is 11.9 Å². The van der Waals surface area contributed by atoms with Crippen LogP contribution in [0.5, 0.6) is 0 Å². The Bertz CT molecular complexity index is 733. The highest BCUT2D eigenvalue weighted by atomic mass is 32.2. The molecule has 1 N–H and O–H groups in total. The lowest BCUT2D eigenvalue weighted by Crippen LogP contribution is -2.01. The molecule has 0 saturated carbocycles. The van der Waals surface area contributed by atoms with Crippen molar-refractivity contribution in [2.75, 3.05) is 5.75 Å². The second kappa shape index (κ2) is 6.79. The van der Waals surface area contributed by atoms with Crippen LogP contribution in [0.3, 0.4) is 0 Å². The molecule has 0 amide bonds. The summed E-state index contributed by atoms with van der Waals surface area (Å²) in [6, 6.07) is 8.33. The van der Waals surface area contributed by atoms with E-state index in [1.54, 1.807) is 11.8 Å². The standard InChI is InChI=1S/C16H19N5S/c1-12-6-3-4-8-15(12)21-13(2)19-20-16(21)22-9-5-7-14-10-17-18-11-14/h3-4,6,8,10-11H,5,7,9H2,1-2H3,(H,17,18). The number of aromatic nitrogens is 5. The minimum absolute atomic E-state index is 0.923. The molecule has 22 heavy (non-hydrogen) atoms. The molecule has 0 aliphatic heterocycles. The molecule has 3 aromatic rings. The first kappa shape index (κ1) is 14.8. The van der Waals surface area contributed by atoms with Gasteiger partial charge < -0.3 is 0 Å². The Hall–Kier alpha value is -2.08. The molecule has 0 spiro atoms. The summed E-state index contributed by atoms with van der Waals surface area (Å²) in [4.78, 5) is 0. The van der Waals surface area contributed by atoms with Crippen molar-refractivity contribution >= 4 is 11.8 Å². The monoisotopic (exact) mass is 313 g/mol. The lowest BCUT2D eigenvalue weighted by Gasteiger charge is -2.10. The summed E-state index contributed by atoms with van der Waals surface area (Å²) < 4.78 is 2.14. The Labute approximate surface area is 134 Å². The summed E-state index contributed by atoms with van der Waals surface area (Å²) in [5, 5.41) is 16.3. The third kappa shape index (κ3) is 3.22. The number of nitrogens with zero attached hydrogens (tertiary/aromatic N) is 4. The first-order valence-electron chi connectivity index (χ1n) is 7.34. The summed E-state index contributed by atoms with van der Waals surface area (Å²) in [5.41, 5.74) is 3.63. The molecule has 0 unspecified atom stereocenters. The van der Waals surface area contributed by atoms with Crippen molar-refractivity contribution in [2.24, 2.45) is 0 Å². The number of para-hydroxylation sites is 1. The van der Waals surface area contributed by atoms with Crippen LogP contribution in [0.1, 0.15) is 23.4 Å². The van der Waals surface area contributed by atoms with Gasteiger partial charge in [0, 0.05) is 11.9 Å². The first-order valence-corrected chi connectivity index (χ1v) is 8.33. The number of benzene rings is 1. The molecule has 0 aliphatic rings. The van der Waals surface area contributed by atoms with Crippen LogP contribution in [0, 0.1) is 13.8 Å². The first-order chi connectivity index (χ1) is 10.8. The Morgan fingerprint density at radius 1 is 1.18 bits per heavy atom. The molecule has 0 fully saturated rings. The van der Waals surface area contributed by atoms with Crippen molar-refractivity contribution in [3.63, 3.8) is 0 Å². The predicted molar refractivity (Wildman–Crippen MR) is 88.5 cm³/mol. The zero-order valence-corrected chi connectivity index (χ0v) is 13.6. The zero-order valence-electron chi connectivity index (χ0n) is 12.8. The number of aryl methyl sites for hydroxylation is 3. The van der Waals surface area contributed by atoms with Crippen molar-refractivity contribution in [1.82, 2.24) is 25.0 Å². The molecule has 0 atom stereocenters. The number of H-pyrrole nitrogens is 1. The molecule has 5 nitrogen and oxygen atoms in total. The van der Waals surface area contributed by atoms with Crippen LogP contribution in [0.2, 0.25) is 0 Å². The van der Waals surface area contributed by atoms with E-state index >= 15 is 0 Å². The third-order valence-corrected chi connectivity index (χ3v) is 4.56. The summed E-state index contributed by atoms with van der Waals surface area (Å²) in [6.45, 7) is 4.11. The van der Waals surface area contributed by atoms with Gasteiger partial charge in [0.1, 0.15) is 5.82 Å². The quantitative estimate of drug-likeness (QED) is 0.560. The number of nitrogens with one attached hydrogen (secondary N) is 1.